The Balaban J connectivity index is 1.45. The number of aromatic nitrogens is 1. The third kappa shape index (κ3) is 5.98. The van der Waals surface area contributed by atoms with Crippen molar-refractivity contribution in [2.75, 3.05) is 18.9 Å². The number of hydrogen-bond donors (Lipinski definition) is 4. The summed E-state index contributed by atoms with van der Waals surface area (Å²) in [6.45, 7) is 0.352. The Hall–Kier alpha value is -4.29. The first kappa shape index (κ1) is 30.2. The molecule has 12 nitrogen and oxygen atoms in total. The van der Waals surface area contributed by atoms with Crippen molar-refractivity contribution >= 4 is 69.5 Å². The summed E-state index contributed by atoms with van der Waals surface area (Å²) in [7, 11) is 1.30. The number of hydrogen-bond acceptors (Lipinski definition) is 5. The number of nitrogens with two attached hydrogens (primary N) is 1. The lowest BCUT2D eigenvalue weighted by Crippen LogP contribution is -2.58. The fourth-order valence-corrected chi connectivity index (χ4v) is 6.17. The maximum absolute atomic E-state index is 14.3. The lowest BCUT2D eigenvalue weighted by atomic mass is 9.95. The van der Waals surface area contributed by atoms with Crippen LogP contribution in [-0.2, 0) is 32.1 Å². The Morgan fingerprint density at radius 1 is 1.09 bits per heavy atom. The lowest BCUT2D eigenvalue weighted by Gasteiger charge is -2.38. The first-order valence-corrected chi connectivity index (χ1v) is 14.4. The number of likely N-dealkylation sites (N-methyl/N-ethyl adjacent to an activating group) is 1. The van der Waals surface area contributed by atoms with Gasteiger partial charge in [0.05, 0.1) is 23.0 Å². The Morgan fingerprint density at radius 2 is 1.84 bits per heavy atom. The highest BCUT2D eigenvalue weighted by molar-refractivity contribution is 6.42. The predicted octanol–water partition coefficient (Wildman–Crippen LogP) is 3.21. The van der Waals surface area contributed by atoms with E-state index in [1.807, 2.05) is 24.3 Å². The molecule has 226 valence electrons. The summed E-state index contributed by atoms with van der Waals surface area (Å²) in [5, 5.41) is 13.5. The molecule has 1 fully saturated rings. The van der Waals surface area contributed by atoms with Crippen molar-refractivity contribution in [2.24, 2.45) is 5.73 Å². The first-order valence-electron chi connectivity index (χ1n) is 13.7. The van der Waals surface area contributed by atoms with E-state index in [-0.39, 0.29) is 24.5 Å². The average Bonchev–Trinajstić information content (AvgIpc) is 3.60. The molecule has 3 heterocycles. The van der Waals surface area contributed by atoms with Gasteiger partial charge in [-0.2, -0.15) is 0 Å². The normalized spacial score (nSPS) is 18.7. The SMILES string of the molecule is CN(C(=O)[C@@H]1CCCN1C(=O)[C@H]1Cc2c([nH]c3ccccc23)CN1C(=O)Nc1ccc(Cl)c(Cl)c1)[C@@H](CC(=O)O)C(N)=O. The van der Waals surface area contributed by atoms with Gasteiger partial charge in [-0.1, -0.05) is 41.4 Å². The number of carbonyl (C=O) groups is 5. The zero-order valence-corrected chi connectivity index (χ0v) is 24.7. The summed E-state index contributed by atoms with van der Waals surface area (Å²) in [5.74, 6) is -3.27. The molecule has 5 N–H and O–H groups in total. The molecule has 0 unspecified atom stereocenters. The quantitative estimate of drug-likeness (QED) is 0.313. The molecule has 3 atom stereocenters. The summed E-state index contributed by atoms with van der Waals surface area (Å²) < 4.78 is 0. The second kappa shape index (κ2) is 12.1. The van der Waals surface area contributed by atoms with Gasteiger partial charge in [0.2, 0.25) is 17.7 Å². The number of likely N-dealkylation sites (tertiary alicyclic amines) is 1. The molecule has 0 radical (unpaired) electrons. The molecule has 1 aromatic heterocycles. The van der Waals surface area contributed by atoms with Crippen molar-refractivity contribution in [1.29, 1.82) is 0 Å². The number of carboxylic acid groups (broad SMARTS) is 1. The lowest BCUT2D eigenvalue weighted by molar-refractivity contribution is -0.150. The number of halogens is 2. The fraction of sp³-hybridized carbons (Fsp3) is 0.345. The third-order valence-electron chi connectivity index (χ3n) is 8.05. The Morgan fingerprint density at radius 3 is 2.53 bits per heavy atom. The maximum Gasteiger partial charge on any atom is 0.322 e. The number of carbonyl (C=O) groups excluding carboxylic acids is 4. The number of H-pyrrole nitrogens is 1. The van der Waals surface area contributed by atoms with Gasteiger partial charge in [-0.15, -0.1) is 0 Å². The number of amides is 5. The molecular formula is C29H30Cl2N6O6. The number of anilines is 1. The summed E-state index contributed by atoms with van der Waals surface area (Å²) in [6, 6.07) is 8.48. The topological polar surface area (TPSA) is 169 Å². The largest absolute Gasteiger partial charge is 0.481 e. The average molecular weight is 630 g/mol. The number of urea groups is 1. The Labute approximate surface area is 256 Å². The van der Waals surface area contributed by atoms with Gasteiger partial charge in [0.25, 0.3) is 0 Å². The van der Waals surface area contributed by atoms with Crippen LogP contribution in [0.2, 0.25) is 10.0 Å². The Kier molecular flexibility index (Phi) is 8.52. The summed E-state index contributed by atoms with van der Waals surface area (Å²) in [5.41, 5.74) is 8.36. The van der Waals surface area contributed by atoms with Gasteiger partial charge >= 0.3 is 12.0 Å². The van der Waals surface area contributed by atoms with Crippen LogP contribution >= 0.6 is 23.2 Å². The molecule has 1 saturated heterocycles. The number of fused-ring (bicyclic) bond motifs is 3. The molecular weight excluding hydrogens is 599 g/mol. The van der Waals surface area contributed by atoms with Crippen molar-refractivity contribution < 1.29 is 29.1 Å². The van der Waals surface area contributed by atoms with Crippen molar-refractivity contribution in [2.45, 2.75) is 50.4 Å². The molecule has 3 aromatic rings. The molecule has 0 saturated carbocycles. The molecule has 0 spiro atoms. The van der Waals surface area contributed by atoms with Crippen molar-refractivity contribution in [3.63, 3.8) is 0 Å². The molecule has 2 aliphatic rings. The van der Waals surface area contributed by atoms with E-state index in [4.69, 9.17) is 28.9 Å². The number of benzene rings is 2. The van der Waals surface area contributed by atoms with Crippen LogP contribution in [0.5, 0.6) is 0 Å². The second-order valence-electron chi connectivity index (χ2n) is 10.7. The van der Waals surface area contributed by atoms with Crippen molar-refractivity contribution in [1.82, 2.24) is 19.7 Å². The van der Waals surface area contributed by atoms with E-state index >= 15 is 0 Å². The van der Waals surface area contributed by atoms with Crippen LogP contribution in [0, 0.1) is 0 Å². The van der Waals surface area contributed by atoms with Gasteiger partial charge in [0.1, 0.15) is 18.1 Å². The van der Waals surface area contributed by atoms with Gasteiger partial charge in [0.15, 0.2) is 0 Å². The number of nitrogens with zero attached hydrogens (tertiary/aromatic N) is 3. The van der Waals surface area contributed by atoms with E-state index in [0.29, 0.717) is 23.6 Å². The zero-order chi connectivity index (χ0) is 31.0. The van der Waals surface area contributed by atoms with Crippen LogP contribution in [-0.4, -0.2) is 86.2 Å². The van der Waals surface area contributed by atoms with Crippen LogP contribution in [0.4, 0.5) is 10.5 Å². The van der Waals surface area contributed by atoms with Crippen molar-refractivity contribution in [3.05, 3.63) is 63.8 Å². The van der Waals surface area contributed by atoms with E-state index in [9.17, 15) is 29.1 Å². The van der Waals surface area contributed by atoms with Crippen LogP contribution in [0.15, 0.2) is 42.5 Å². The predicted molar refractivity (Wildman–Crippen MR) is 160 cm³/mol. The van der Waals surface area contributed by atoms with E-state index in [0.717, 1.165) is 27.1 Å². The van der Waals surface area contributed by atoms with Crippen LogP contribution in [0.3, 0.4) is 0 Å². The zero-order valence-electron chi connectivity index (χ0n) is 23.2. The highest BCUT2D eigenvalue weighted by Gasteiger charge is 2.44. The molecule has 14 heteroatoms. The molecule has 2 aliphatic heterocycles. The molecule has 43 heavy (non-hydrogen) atoms. The van der Waals surface area contributed by atoms with E-state index in [1.54, 1.807) is 12.1 Å². The number of nitrogens with one attached hydrogen (secondary N) is 2. The number of carboxylic acids is 1. The molecule has 0 aliphatic carbocycles. The summed E-state index contributed by atoms with van der Waals surface area (Å²) >= 11 is 12.2. The number of aliphatic carboxylic acids is 1. The highest BCUT2D eigenvalue weighted by atomic mass is 35.5. The molecule has 0 bridgehead atoms. The fourth-order valence-electron chi connectivity index (χ4n) is 5.87. The van der Waals surface area contributed by atoms with Crippen molar-refractivity contribution in [3.8, 4) is 0 Å². The second-order valence-corrected chi connectivity index (χ2v) is 11.5. The summed E-state index contributed by atoms with van der Waals surface area (Å²) in [6.07, 6.45) is 0.362. The summed E-state index contributed by atoms with van der Waals surface area (Å²) in [4.78, 5) is 71.9. The van der Waals surface area contributed by atoms with E-state index < -0.39 is 54.3 Å². The van der Waals surface area contributed by atoms with Crippen LogP contribution < -0.4 is 11.1 Å². The van der Waals surface area contributed by atoms with Crippen LogP contribution in [0.25, 0.3) is 10.9 Å². The molecule has 2 aromatic carbocycles. The molecule has 5 amide bonds. The minimum absolute atomic E-state index is 0.0995. The van der Waals surface area contributed by atoms with Gasteiger partial charge < -0.3 is 35.8 Å². The van der Waals surface area contributed by atoms with Gasteiger partial charge in [-0.05, 0) is 42.7 Å². The monoisotopic (exact) mass is 628 g/mol. The van der Waals surface area contributed by atoms with E-state index in [2.05, 4.69) is 10.3 Å². The van der Waals surface area contributed by atoms with Crippen LogP contribution in [0.1, 0.15) is 30.5 Å². The maximum atomic E-state index is 14.3. The molecule has 5 rings (SSSR count). The van der Waals surface area contributed by atoms with E-state index in [1.165, 1.54) is 22.9 Å². The standard InChI is InChI=1S/C29H30Cl2N6O6/c1-35(23(26(32)40)13-25(38)39)27(41)22-7-4-10-36(22)28(42)24-12-17-16-5-2-3-6-20(16)34-21(17)14-37(24)29(43)33-15-8-9-18(30)19(31)11-15/h2-3,5-6,8-9,11,22-24,34H,4,7,10,12-14H2,1H3,(H2,32,40)(H,33,43)(H,38,39)/t22-,23-,24+/m0/s1. The number of aromatic amines is 1. The van der Waals surface area contributed by atoms with Gasteiger partial charge in [-0.3, -0.25) is 19.2 Å². The number of rotatable bonds is 7. The minimum atomic E-state index is -1.38. The highest BCUT2D eigenvalue weighted by Crippen LogP contribution is 2.33. The number of para-hydroxylation sites is 1. The minimum Gasteiger partial charge on any atom is -0.481 e. The Bertz CT molecular complexity index is 1630. The smallest absolute Gasteiger partial charge is 0.322 e. The van der Waals surface area contributed by atoms with Gasteiger partial charge in [-0.25, -0.2) is 4.79 Å². The first-order chi connectivity index (χ1) is 20.5. The van der Waals surface area contributed by atoms with Gasteiger partial charge in [0, 0.05) is 42.3 Å². The number of primary amides is 1. The third-order valence-corrected chi connectivity index (χ3v) is 8.79.